The minimum Gasteiger partial charge on any atom is -0.352 e. The number of hydrogen-bond donors (Lipinski definition) is 0. The molecule has 2 aromatic heterocycles. The number of aryl methyl sites for hydroxylation is 1. The predicted octanol–water partition coefficient (Wildman–Crippen LogP) is 1.51. The van der Waals surface area contributed by atoms with Crippen LogP contribution in [0.3, 0.4) is 0 Å². The molecule has 120 valence electrons. The Morgan fingerprint density at radius 2 is 1.59 bits per heavy atom. The first-order chi connectivity index (χ1) is 10.3. The summed E-state index contributed by atoms with van der Waals surface area (Å²) in [5, 5.41) is 11.1. The monoisotopic (exact) mass is 314 g/mol. The third kappa shape index (κ3) is 2.39. The molecule has 3 heterocycles. The van der Waals surface area contributed by atoms with E-state index in [1.54, 1.807) is 6.92 Å². The van der Waals surface area contributed by atoms with E-state index in [0.29, 0.717) is 11.4 Å². The minimum atomic E-state index is -4.58. The van der Waals surface area contributed by atoms with Crippen molar-refractivity contribution in [3.63, 3.8) is 0 Å². The summed E-state index contributed by atoms with van der Waals surface area (Å²) >= 11 is 0. The van der Waals surface area contributed by atoms with E-state index in [-0.39, 0.29) is 5.65 Å². The Labute approximate surface area is 125 Å². The van der Waals surface area contributed by atoms with Crippen LogP contribution < -0.4 is 4.90 Å². The summed E-state index contributed by atoms with van der Waals surface area (Å²) in [7, 11) is 2.02. The molecule has 1 saturated heterocycles. The molecule has 1 aliphatic heterocycles. The van der Waals surface area contributed by atoms with Gasteiger partial charge < -0.3 is 9.80 Å². The third-order valence-electron chi connectivity index (χ3n) is 4.13. The van der Waals surface area contributed by atoms with Crippen LogP contribution in [-0.4, -0.2) is 57.9 Å². The van der Waals surface area contributed by atoms with Crippen LogP contribution in [0.2, 0.25) is 0 Å². The molecular formula is C13H17F3N6. The number of piperazine rings is 1. The van der Waals surface area contributed by atoms with Gasteiger partial charge in [0.25, 0.3) is 5.82 Å². The summed E-state index contributed by atoms with van der Waals surface area (Å²) in [5.74, 6) is -0.510. The molecule has 6 nitrogen and oxygen atoms in total. The fraction of sp³-hybridized carbons (Fsp3) is 0.615. The maximum absolute atomic E-state index is 13.0. The molecule has 0 atom stereocenters. The normalized spacial score (nSPS) is 17.5. The van der Waals surface area contributed by atoms with E-state index in [1.165, 1.54) is 0 Å². The zero-order chi connectivity index (χ0) is 16.1. The van der Waals surface area contributed by atoms with Gasteiger partial charge in [0.15, 0.2) is 11.5 Å². The summed E-state index contributed by atoms with van der Waals surface area (Å²) in [6.07, 6.45) is -4.58. The second kappa shape index (κ2) is 5.08. The van der Waals surface area contributed by atoms with Crippen LogP contribution in [0.15, 0.2) is 0 Å². The van der Waals surface area contributed by atoms with Crippen LogP contribution in [0.25, 0.3) is 5.65 Å². The third-order valence-corrected chi connectivity index (χ3v) is 4.13. The van der Waals surface area contributed by atoms with E-state index in [9.17, 15) is 13.2 Å². The quantitative estimate of drug-likeness (QED) is 0.799. The highest BCUT2D eigenvalue weighted by atomic mass is 19.4. The molecule has 1 fully saturated rings. The van der Waals surface area contributed by atoms with Gasteiger partial charge >= 0.3 is 6.18 Å². The molecule has 0 saturated carbocycles. The maximum atomic E-state index is 13.0. The van der Waals surface area contributed by atoms with E-state index in [0.717, 1.165) is 36.3 Å². The molecule has 22 heavy (non-hydrogen) atoms. The van der Waals surface area contributed by atoms with Gasteiger partial charge in [-0.05, 0) is 20.9 Å². The van der Waals surface area contributed by atoms with Gasteiger partial charge in [0.05, 0.1) is 0 Å². The van der Waals surface area contributed by atoms with Gasteiger partial charge in [-0.3, -0.25) is 0 Å². The van der Waals surface area contributed by atoms with Gasteiger partial charge in [0.1, 0.15) is 0 Å². The van der Waals surface area contributed by atoms with E-state index in [4.69, 9.17) is 0 Å². The standard InChI is InChI=1S/C13H17F3N6/c1-8-9(2)11(21-6-4-20(3)5-7-21)19-22-10(8)17-18-12(22)13(14,15)16/h4-7H2,1-3H3. The first-order valence-corrected chi connectivity index (χ1v) is 7.02. The molecule has 3 rings (SSSR count). The lowest BCUT2D eigenvalue weighted by atomic mass is 10.1. The van der Waals surface area contributed by atoms with Gasteiger partial charge in [-0.2, -0.15) is 17.7 Å². The molecule has 1 aliphatic rings. The number of hydrogen-bond acceptors (Lipinski definition) is 5. The summed E-state index contributed by atoms with van der Waals surface area (Å²) in [6, 6.07) is 0. The lowest BCUT2D eigenvalue weighted by Gasteiger charge is -2.34. The number of fused-ring (bicyclic) bond motifs is 1. The van der Waals surface area contributed by atoms with Crippen molar-refractivity contribution in [1.29, 1.82) is 0 Å². The van der Waals surface area contributed by atoms with Crippen LogP contribution in [-0.2, 0) is 6.18 Å². The number of aromatic nitrogens is 4. The largest absolute Gasteiger partial charge is 0.453 e. The first-order valence-electron chi connectivity index (χ1n) is 7.02. The molecule has 0 radical (unpaired) electrons. The Balaban J connectivity index is 2.12. The van der Waals surface area contributed by atoms with E-state index < -0.39 is 12.0 Å². The average Bonchev–Trinajstić information content (AvgIpc) is 2.88. The highest BCUT2D eigenvalue weighted by Crippen LogP contribution is 2.30. The molecule has 0 spiro atoms. The van der Waals surface area contributed by atoms with Crippen LogP contribution in [0, 0.1) is 13.8 Å². The topological polar surface area (TPSA) is 49.6 Å². The molecule has 2 aromatic rings. The van der Waals surface area contributed by atoms with Crippen molar-refractivity contribution < 1.29 is 13.2 Å². The van der Waals surface area contributed by atoms with Crippen molar-refractivity contribution in [3.8, 4) is 0 Å². The molecular weight excluding hydrogens is 297 g/mol. The number of halogens is 3. The highest BCUT2D eigenvalue weighted by Gasteiger charge is 2.38. The van der Waals surface area contributed by atoms with Gasteiger partial charge in [-0.15, -0.1) is 15.3 Å². The number of alkyl halides is 3. The summed E-state index contributed by atoms with van der Waals surface area (Å²) in [5.41, 5.74) is 1.67. The van der Waals surface area contributed by atoms with Gasteiger partial charge in [0, 0.05) is 37.3 Å². The molecule has 0 unspecified atom stereocenters. The maximum Gasteiger partial charge on any atom is 0.453 e. The number of rotatable bonds is 1. The van der Waals surface area contributed by atoms with Crippen molar-refractivity contribution in [2.24, 2.45) is 0 Å². The van der Waals surface area contributed by atoms with Crippen LogP contribution in [0.4, 0.5) is 19.0 Å². The van der Waals surface area contributed by atoms with E-state index in [1.807, 2.05) is 18.9 Å². The van der Waals surface area contributed by atoms with Gasteiger partial charge in [0.2, 0.25) is 0 Å². The second-order valence-corrected chi connectivity index (χ2v) is 5.62. The van der Waals surface area contributed by atoms with Crippen molar-refractivity contribution >= 4 is 11.5 Å². The summed E-state index contributed by atoms with van der Waals surface area (Å²) < 4.78 is 39.9. The molecule has 0 amide bonds. The zero-order valence-corrected chi connectivity index (χ0v) is 12.6. The highest BCUT2D eigenvalue weighted by molar-refractivity contribution is 5.59. The van der Waals surface area contributed by atoms with E-state index >= 15 is 0 Å². The molecule has 0 bridgehead atoms. The Bertz CT molecular complexity index is 700. The molecule has 0 aromatic carbocycles. The Morgan fingerprint density at radius 1 is 0.955 bits per heavy atom. The van der Waals surface area contributed by atoms with Crippen LogP contribution >= 0.6 is 0 Å². The first kappa shape index (κ1) is 15.0. The van der Waals surface area contributed by atoms with Crippen molar-refractivity contribution in [2.45, 2.75) is 20.0 Å². The fourth-order valence-electron chi connectivity index (χ4n) is 2.61. The summed E-state index contributed by atoms with van der Waals surface area (Å²) in [6.45, 7) is 6.79. The fourth-order valence-corrected chi connectivity index (χ4v) is 2.61. The van der Waals surface area contributed by atoms with Crippen molar-refractivity contribution in [3.05, 3.63) is 17.0 Å². The van der Waals surface area contributed by atoms with Gasteiger partial charge in [-0.25, -0.2) is 0 Å². The Morgan fingerprint density at radius 3 is 2.18 bits per heavy atom. The number of nitrogens with zero attached hydrogens (tertiary/aromatic N) is 6. The minimum absolute atomic E-state index is 0.155. The smallest absolute Gasteiger partial charge is 0.352 e. The van der Waals surface area contributed by atoms with Gasteiger partial charge in [-0.1, -0.05) is 0 Å². The Hall–Kier alpha value is -1.90. The SMILES string of the molecule is Cc1c(N2CCN(C)CC2)nn2c(C(F)(F)F)nnc2c1C. The van der Waals surface area contributed by atoms with Crippen molar-refractivity contribution in [2.75, 3.05) is 38.1 Å². The lowest BCUT2D eigenvalue weighted by molar-refractivity contribution is -0.146. The molecule has 0 N–H and O–H groups in total. The van der Waals surface area contributed by atoms with Crippen molar-refractivity contribution in [1.82, 2.24) is 24.7 Å². The molecule has 9 heteroatoms. The summed E-state index contributed by atoms with van der Waals surface area (Å²) in [4.78, 5) is 4.19. The average molecular weight is 314 g/mol. The second-order valence-electron chi connectivity index (χ2n) is 5.62. The predicted molar refractivity (Wildman–Crippen MR) is 75.0 cm³/mol. The molecule has 0 aliphatic carbocycles. The number of likely N-dealkylation sites (N-methyl/N-ethyl adjacent to an activating group) is 1. The van der Waals surface area contributed by atoms with E-state index in [2.05, 4.69) is 20.2 Å². The van der Waals surface area contributed by atoms with Crippen LogP contribution in [0.5, 0.6) is 0 Å². The number of anilines is 1. The zero-order valence-electron chi connectivity index (χ0n) is 12.6. The van der Waals surface area contributed by atoms with Crippen LogP contribution in [0.1, 0.15) is 17.0 Å². The Kier molecular flexibility index (Phi) is 3.47. The lowest BCUT2D eigenvalue weighted by Crippen LogP contribution is -2.45.